The summed E-state index contributed by atoms with van der Waals surface area (Å²) in [5, 5.41) is 10.6. The zero-order valence-electron chi connectivity index (χ0n) is 11.4. The molecule has 0 saturated carbocycles. The first-order valence-electron chi connectivity index (χ1n) is 6.19. The second-order valence-corrected chi connectivity index (χ2v) is 6.80. The first-order valence-corrected chi connectivity index (χ1v) is 8.37. The molecule has 122 valence electrons. The van der Waals surface area contributed by atoms with Crippen LogP contribution in [0.15, 0.2) is 40.5 Å². The van der Waals surface area contributed by atoms with Gasteiger partial charge in [0.05, 0.1) is 10.6 Å². The molecule has 0 saturated heterocycles. The molecule has 0 unspecified atom stereocenters. The van der Waals surface area contributed by atoms with Gasteiger partial charge in [-0.15, -0.1) is 10.2 Å². The van der Waals surface area contributed by atoms with Crippen molar-refractivity contribution in [3.8, 4) is 0 Å². The average molecular weight is 380 g/mol. The van der Waals surface area contributed by atoms with Gasteiger partial charge in [0, 0.05) is 12.2 Å². The molecule has 0 aliphatic carbocycles. The fourth-order valence-electron chi connectivity index (χ4n) is 1.45. The third-order valence-corrected chi connectivity index (χ3v) is 4.80. The molecular formula is C13H9ClF3N3OS2. The number of nitrogens with one attached hydrogen (secondary N) is 1. The van der Waals surface area contributed by atoms with E-state index in [0.717, 1.165) is 23.1 Å². The minimum Gasteiger partial charge on any atom is -0.296 e. The number of benzene rings is 1. The lowest BCUT2D eigenvalue weighted by Gasteiger charge is -2.02. The highest BCUT2D eigenvalue weighted by Gasteiger charge is 2.13. The molecular weight excluding hydrogens is 371 g/mol. The van der Waals surface area contributed by atoms with Crippen LogP contribution in [0.4, 0.5) is 18.3 Å². The van der Waals surface area contributed by atoms with Crippen LogP contribution in [0, 0.1) is 0 Å². The van der Waals surface area contributed by atoms with E-state index in [1.807, 2.05) is 0 Å². The molecule has 0 aliphatic heterocycles. The molecule has 0 atom stereocenters. The van der Waals surface area contributed by atoms with Gasteiger partial charge < -0.3 is 0 Å². The molecule has 0 radical (unpaired) electrons. The molecule has 1 aromatic heterocycles. The van der Waals surface area contributed by atoms with Gasteiger partial charge in [0.15, 0.2) is 10.2 Å². The van der Waals surface area contributed by atoms with Crippen LogP contribution in [0.3, 0.4) is 0 Å². The lowest BCUT2D eigenvalue weighted by atomic mass is 10.2. The molecule has 0 bridgehead atoms. The molecule has 1 aromatic carbocycles. The van der Waals surface area contributed by atoms with E-state index in [2.05, 4.69) is 15.5 Å². The summed E-state index contributed by atoms with van der Waals surface area (Å²) in [6.45, 7) is 0. The Morgan fingerprint density at radius 1 is 1.26 bits per heavy atom. The monoisotopic (exact) mass is 379 g/mol. The number of carbonyl (C=O) groups excluding carboxylic acids is 1. The molecule has 1 amide bonds. The van der Waals surface area contributed by atoms with Crippen molar-refractivity contribution in [2.75, 3.05) is 11.1 Å². The van der Waals surface area contributed by atoms with E-state index in [1.165, 1.54) is 0 Å². The fourth-order valence-corrected chi connectivity index (χ4v) is 3.42. The summed E-state index contributed by atoms with van der Waals surface area (Å²) in [6, 6.07) is 6.53. The molecule has 1 heterocycles. The molecule has 2 aromatic rings. The van der Waals surface area contributed by atoms with Gasteiger partial charge in [0.1, 0.15) is 0 Å². The van der Waals surface area contributed by atoms with Crippen molar-refractivity contribution in [2.45, 2.75) is 10.8 Å². The predicted octanol–water partition coefficient (Wildman–Crippen LogP) is 5.00. The maximum atomic E-state index is 12.6. The number of anilines is 1. The molecule has 1 N–H and O–H groups in total. The van der Waals surface area contributed by atoms with Crippen LogP contribution in [0.5, 0.6) is 0 Å². The van der Waals surface area contributed by atoms with Crippen molar-refractivity contribution >= 4 is 45.7 Å². The lowest BCUT2D eigenvalue weighted by molar-refractivity contribution is 0.102. The van der Waals surface area contributed by atoms with Crippen LogP contribution < -0.4 is 5.32 Å². The summed E-state index contributed by atoms with van der Waals surface area (Å²) in [4.78, 5) is 12.0. The van der Waals surface area contributed by atoms with Gasteiger partial charge in [-0.05, 0) is 12.1 Å². The largest absolute Gasteiger partial charge is 0.301 e. The number of hydrogen-bond acceptors (Lipinski definition) is 5. The van der Waals surface area contributed by atoms with Crippen LogP contribution in [0.2, 0.25) is 5.02 Å². The highest BCUT2D eigenvalue weighted by Crippen LogP contribution is 2.28. The standard InChI is InChI=1S/C13H9ClF3N3OS2/c14-8-4-2-1-3-7(8)11(21)18-12-19-20-13(23-12)22-6-5-9(15)10(16)17/h1-4H,5-6H2,(H,18,19,21). The molecule has 23 heavy (non-hydrogen) atoms. The number of carbonyl (C=O) groups is 1. The Hall–Kier alpha value is -1.58. The van der Waals surface area contributed by atoms with Crippen LogP contribution in [-0.4, -0.2) is 21.9 Å². The van der Waals surface area contributed by atoms with Crippen molar-refractivity contribution in [3.05, 3.63) is 46.8 Å². The maximum Gasteiger partial charge on any atom is 0.301 e. The van der Waals surface area contributed by atoms with Gasteiger partial charge in [-0.2, -0.15) is 8.78 Å². The number of hydrogen-bond donors (Lipinski definition) is 1. The Kier molecular flexibility index (Phi) is 6.43. The zero-order chi connectivity index (χ0) is 16.8. The summed E-state index contributed by atoms with van der Waals surface area (Å²) >= 11 is 8.05. The second-order valence-electron chi connectivity index (χ2n) is 4.07. The third-order valence-electron chi connectivity index (χ3n) is 2.50. The van der Waals surface area contributed by atoms with E-state index >= 15 is 0 Å². The van der Waals surface area contributed by atoms with Crippen molar-refractivity contribution in [1.29, 1.82) is 0 Å². The Labute approximate surface area is 142 Å². The average Bonchev–Trinajstić information content (AvgIpc) is 2.94. The number of allylic oxidation sites excluding steroid dienone is 1. The topological polar surface area (TPSA) is 54.9 Å². The summed E-state index contributed by atoms with van der Waals surface area (Å²) < 4.78 is 36.9. The number of halogens is 4. The second kappa shape index (κ2) is 8.32. The highest BCUT2D eigenvalue weighted by atomic mass is 35.5. The van der Waals surface area contributed by atoms with E-state index in [4.69, 9.17) is 11.6 Å². The number of rotatable bonds is 6. The Balaban J connectivity index is 1.91. The van der Waals surface area contributed by atoms with Gasteiger partial charge in [0.25, 0.3) is 5.91 Å². The smallest absolute Gasteiger partial charge is 0.296 e. The summed E-state index contributed by atoms with van der Waals surface area (Å²) in [7, 11) is 0. The predicted molar refractivity (Wildman–Crippen MR) is 85.0 cm³/mol. The van der Waals surface area contributed by atoms with Crippen molar-refractivity contribution in [3.63, 3.8) is 0 Å². The van der Waals surface area contributed by atoms with Crippen LogP contribution in [-0.2, 0) is 0 Å². The van der Waals surface area contributed by atoms with Crippen molar-refractivity contribution < 1.29 is 18.0 Å². The first kappa shape index (κ1) is 17.8. The fraction of sp³-hybridized carbons (Fsp3) is 0.154. The van der Waals surface area contributed by atoms with E-state index < -0.39 is 24.2 Å². The summed E-state index contributed by atoms with van der Waals surface area (Å²) in [6.07, 6.45) is -2.70. The molecule has 4 nitrogen and oxygen atoms in total. The summed E-state index contributed by atoms with van der Waals surface area (Å²) in [5.41, 5.74) is 0.296. The van der Waals surface area contributed by atoms with E-state index in [1.54, 1.807) is 24.3 Å². The third kappa shape index (κ3) is 5.22. The number of nitrogens with zero attached hydrogens (tertiary/aromatic N) is 2. The summed E-state index contributed by atoms with van der Waals surface area (Å²) in [5.74, 6) is -1.78. The number of aromatic nitrogens is 2. The minimum atomic E-state index is -2.31. The molecule has 2 rings (SSSR count). The van der Waals surface area contributed by atoms with E-state index in [-0.39, 0.29) is 10.9 Å². The van der Waals surface area contributed by atoms with Crippen LogP contribution in [0.1, 0.15) is 16.8 Å². The number of thioether (sulfide) groups is 1. The number of amides is 1. The zero-order valence-corrected chi connectivity index (χ0v) is 13.7. The van der Waals surface area contributed by atoms with Crippen molar-refractivity contribution in [1.82, 2.24) is 10.2 Å². The Morgan fingerprint density at radius 2 is 2.00 bits per heavy atom. The Bertz CT molecular complexity index is 735. The minimum absolute atomic E-state index is 0.0935. The van der Waals surface area contributed by atoms with Gasteiger partial charge in [-0.1, -0.05) is 46.8 Å². The highest BCUT2D eigenvalue weighted by molar-refractivity contribution is 8.01. The van der Waals surface area contributed by atoms with Gasteiger partial charge in [0.2, 0.25) is 5.13 Å². The molecule has 0 aliphatic rings. The molecule has 0 spiro atoms. The van der Waals surface area contributed by atoms with E-state index in [0.29, 0.717) is 14.9 Å². The van der Waals surface area contributed by atoms with Crippen LogP contribution in [0.25, 0.3) is 0 Å². The van der Waals surface area contributed by atoms with Crippen molar-refractivity contribution in [2.24, 2.45) is 0 Å². The van der Waals surface area contributed by atoms with Crippen LogP contribution >= 0.6 is 34.7 Å². The quantitative estimate of drug-likeness (QED) is 0.566. The van der Waals surface area contributed by atoms with Gasteiger partial charge in [-0.25, -0.2) is 4.39 Å². The normalized spacial score (nSPS) is 10.4. The first-order chi connectivity index (χ1) is 11.0. The van der Waals surface area contributed by atoms with Gasteiger partial charge in [-0.3, -0.25) is 10.1 Å². The molecule has 10 heteroatoms. The Morgan fingerprint density at radius 3 is 2.70 bits per heavy atom. The molecule has 0 fully saturated rings. The van der Waals surface area contributed by atoms with E-state index in [9.17, 15) is 18.0 Å². The maximum absolute atomic E-state index is 12.6. The lowest BCUT2D eigenvalue weighted by Crippen LogP contribution is -2.12. The van der Waals surface area contributed by atoms with Gasteiger partial charge >= 0.3 is 6.08 Å². The SMILES string of the molecule is O=C(Nc1nnc(SCCC(F)=C(F)F)s1)c1ccccc1Cl.